The average Bonchev–Trinajstić information content (AvgIpc) is 2.59. The predicted molar refractivity (Wildman–Crippen MR) is 89.4 cm³/mol. The zero-order valence-electron chi connectivity index (χ0n) is 13.5. The molecule has 0 radical (unpaired) electrons. The lowest BCUT2D eigenvalue weighted by atomic mass is 9.99. The first-order valence-electron chi connectivity index (χ1n) is 7.82. The number of nitrogens with one attached hydrogen (secondary N) is 1. The Morgan fingerprint density at radius 3 is 2.17 bits per heavy atom. The lowest BCUT2D eigenvalue weighted by Crippen LogP contribution is -2.38. The predicted octanol–water partition coefficient (Wildman–Crippen LogP) is 3.20. The number of carboxylic acid groups (broad SMARTS) is 1. The van der Waals surface area contributed by atoms with Gasteiger partial charge in [-0.25, -0.2) is 4.39 Å². The van der Waals surface area contributed by atoms with Gasteiger partial charge in [-0.05, 0) is 29.7 Å². The molecule has 0 fully saturated rings. The standard InChI is InChI=1S/C19H20FNO3/c1-2-13-3-7-15(8-4-13)19(24)17(11-18(22)23)21-12-14-5-9-16(20)10-6-14/h3-10,17,21H,2,11-12H2,1H3,(H,22,23). The van der Waals surface area contributed by atoms with Gasteiger partial charge in [0, 0.05) is 12.1 Å². The third-order valence-electron chi connectivity index (χ3n) is 3.81. The molecule has 5 heteroatoms. The number of carbonyl (C=O) groups is 2. The molecule has 0 aliphatic heterocycles. The Bertz CT molecular complexity index is 696. The fraction of sp³-hybridized carbons (Fsp3) is 0.263. The van der Waals surface area contributed by atoms with Crippen molar-refractivity contribution < 1.29 is 19.1 Å². The van der Waals surface area contributed by atoms with Crippen molar-refractivity contribution in [1.29, 1.82) is 0 Å². The van der Waals surface area contributed by atoms with Crippen LogP contribution in [0.4, 0.5) is 4.39 Å². The molecule has 0 aliphatic carbocycles. The Hall–Kier alpha value is -2.53. The maximum atomic E-state index is 12.9. The second kappa shape index (κ2) is 8.36. The van der Waals surface area contributed by atoms with Crippen molar-refractivity contribution in [1.82, 2.24) is 5.32 Å². The maximum absolute atomic E-state index is 12.9. The van der Waals surface area contributed by atoms with Gasteiger partial charge < -0.3 is 10.4 Å². The molecule has 0 aromatic heterocycles. The van der Waals surface area contributed by atoms with E-state index >= 15 is 0 Å². The Morgan fingerprint density at radius 1 is 1.04 bits per heavy atom. The molecule has 2 aromatic carbocycles. The Balaban J connectivity index is 2.09. The van der Waals surface area contributed by atoms with Crippen LogP contribution < -0.4 is 5.32 Å². The van der Waals surface area contributed by atoms with Gasteiger partial charge in [-0.2, -0.15) is 0 Å². The van der Waals surface area contributed by atoms with Crippen molar-refractivity contribution in [2.45, 2.75) is 32.4 Å². The SMILES string of the molecule is CCc1ccc(C(=O)C(CC(=O)O)NCc2ccc(F)cc2)cc1. The van der Waals surface area contributed by atoms with Gasteiger partial charge in [-0.3, -0.25) is 9.59 Å². The summed E-state index contributed by atoms with van der Waals surface area (Å²) in [6, 6.07) is 12.2. The molecule has 0 aliphatic rings. The minimum absolute atomic E-state index is 0.262. The molecule has 0 saturated carbocycles. The van der Waals surface area contributed by atoms with Gasteiger partial charge in [0.1, 0.15) is 5.82 Å². The topological polar surface area (TPSA) is 66.4 Å². The van der Waals surface area contributed by atoms with E-state index in [9.17, 15) is 14.0 Å². The van der Waals surface area contributed by atoms with E-state index in [2.05, 4.69) is 5.32 Å². The molecule has 2 N–H and O–H groups in total. The summed E-state index contributed by atoms with van der Waals surface area (Å²) in [6.07, 6.45) is 0.561. The molecule has 0 spiro atoms. The van der Waals surface area contributed by atoms with Gasteiger partial charge in [0.15, 0.2) is 5.78 Å². The number of ketones is 1. The summed E-state index contributed by atoms with van der Waals surface area (Å²) >= 11 is 0. The number of benzene rings is 2. The smallest absolute Gasteiger partial charge is 0.305 e. The second-order valence-electron chi connectivity index (χ2n) is 5.57. The highest BCUT2D eigenvalue weighted by Gasteiger charge is 2.22. The van der Waals surface area contributed by atoms with Crippen LogP contribution >= 0.6 is 0 Å². The van der Waals surface area contributed by atoms with E-state index in [1.54, 1.807) is 24.3 Å². The highest BCUT2D eigenvalue weighted by Crippen LogP contribution is 2.11. The molecule has 4 nitrogen and oxygen atoms in total. The molecule has 2 rings (SSSR count). The second-order valence-corrected chi connectivity index (χ2v) is 5.57. The molecule has 0 amide bonds. The minimum atomic E-state index is -1.05. The quantitative estimate of drug-likeness (QED) is 0.730. The van der Waals surface area contributed by atoms with Gasteiger partial charge in [0.2, 0.25) is 0 Å². The summed E-state index contributed by atoms with van der Waals surface area (Å²) in [4.78, 5) is 23.6. The van der Waals surface area contributed by atoms with E-state index < -0.39 is 12.0 Å². The molecule has 0 saturated heterocycles. The van der Waals surface area contributed by atoms with Crippen LogP contribution in [-0.4, -0.2) is 22.9 Å². The van der Waals surface area contributed by atoms with Crippen LogP contribution in [0.1, 0.15) is 34.8 Å². The first-order chi connectivity index (χ1) is 11.5. The third-order valence-corrected chi connectivity index (χ3v) is 3.81. The molecule has 1 atom stereocenters. The number of aliphatic carboxylic acids is 1. The summed E-state index contributed by atoms with van der Waals surface area (Å²) < 4.78 is 12.9. The van der Waals surface area contributed by atoms with Crippen molar-refractivity contribution in [3.05, 3.63) is 71.0 Å². The zero-order chi connectivity index (χ0) is 17.5. The highest BCUT2D eigenvalue weighted by atomic mass is 19.1. The fourth-order valence-electron chi connectivity index (χ4n) is 2.38. The highest BCUT2D eigenvalue weighted by molar-refractivity contribution is 6.01. The van der Waals surface area contributed by atoms with Crippen molar-refractivity contribution in [2.24, 2.45) is 0 Å². The van der Waals surface area contributed by atoms with Crippen LogP contribution in [0.15, 0.2) is 48.5 Å². The van der Waals surface area contributed by atoms with Crippen molar-refractivity contribution in [2.75, 3.05) is 0 Å². The summed E-state index contributed by atoms with van der Waals surface area (Å²) in [5.41, 5.74) is 2.37. The minimum Gasteiger partial charge on any atom is -0.481 e. The average molecular weight is 329 g/mol. The number of carboxylic acids is 1. The molecule has 24 heavy (non-hydrogen) atoms. The lowest BCUT2D eigenvalue weighted by Gasteiger charge is -2.16. The number of hydrogen-bond donors (Lipinski definition) is 2. The lowest BCUT2D eigenvalue weighted by molar-refractivity contribution is -0.137. The largest absolute Gasteiger partial charge is 0.481 e. The molecule has 1 unspecified atom stereocenters. The van der Waals surface area contributed by atoms with E-state index in [0.29, 0.717) is 5.56 Å². The number of Topliss-reactive ketones (excluding diaryl/α,β-unsaturated/α-hetero) is 1. The number of halogens is 1. The molecule has 0 heterocycles. The molecule has 0 bridgehead atoms. The van der Waals surface area contributed by atoms with Gasteiger partial charge in [0.25, 0.3) is 0 Å². The number of hydrogen-bond acceptors (Lipinski definition) is 3. The summed E-state index contributed by atoms with van der Waals surface area (Å²) in [5.74, 6) is -1.65. The van der Waals surface area contributed by atoms with Gasteiger partial charge in [-0.1, -0.05) is 43.3 Å². The zero-order valence-corrected chi connectivity index (χ0v) is 13.5. The van der Waals surface area contributed by atoms with Gasteiger partial charge >= 0.3 is 5.97 Å². The van der Waals surface area contributed by atoms with Crippen LogP contribution in [0.3, 0.4) is 0 Å². The summed E-state index contributed by atoms with van der Waals surface area (Å²) in [7, 11) is 0. The first kappa shape index (κ1) is 17.8. The van der Waals surface area contributed by atoms with Crippen LogP contribution in [0.25, 0.3) is 0 Å². The normalized spacial score (nSPS) is 11.9. The van der Waals surface area contributed by atoms with E-state index in [1.165, 1.54) is 12.1 Å². The van der Waals surface area contributed by atoms with Gasteiger partial charge in [-0.15, -0.1) is 0 Å². The molecule has 2 aromatic rings. The van der Waals surface area contributed by atoms with Crippen molar-refractivity contribution in [3.8, 4) is 0 Å². The number of rotatable bonds is 8. The van der Waals surface area contributed by atoms with Crippen LogP contribution in [0.2, 0.25) is 0 Å². The summed E-state index contributed by atoms with van der Waals surface area (Å²) in [5, 5.41) is 12.0. The Morgan fingerprint density at radius 2 is 1.62 bits per heavy atom. The Kier molecular flexibility index (Phi) is 6.21. The Labute approximate surface area is 140 Å². The maximum Gasteiger partial charge on any atom is 0.305 e. The van der Waals surface area contributed by atoms with E-state index in [-0.39, 0.29) is 24.6 Å². The number of carbonyl (C=O) groups excluding carboxylic acids is 1. The first-order valence-corrected chi connectivity index (χ1v) is 7.82. The van der Waals surface area contributed by atoms with E-state index in [4.69, 9.17) is 5.11 Å². The van der Waals surface area contributed by atoms with E-state index in [0.717, 1.165) is 17.5 Å². The third kappa shape index (κ3) is 4.99. The van der Waals surface area contributed by atoms with Crippen LogP contribution in [0.5, 0.6) is 0 Å². The van der Waals surface area contributed by atoms with Gasteiger partial charge in [0.05, 0.1) is 12.5 Å². The van der Waals surface area contributed by atoms with Crippen LogP contribution in [0, 0.1) is 5.82 Å². The van der Waals surface area contributed by atoms with Crippen molar-refractivity contribution >= 4 is 11.8 Å². The molecular formula is C19H20FNO3. The van der Waals surface area contributed by atoms with Crippen LogP contribution in [-0.2, 0) is 17.8 Å². The fourth-order valence-corrected chi connectivity index (χ4v) is 2.38. The molecule has 126 valence electrons. The molecular weight excluding hydrogens is 309 g/mol. The summed E-state index contributed by atoms with van der Waals surface area (Å²) in [6.45, 7) is 2.31. The monoisotopic (exact) mass is 329 g/mol. The number of aryl methyl sites for hydroxylation is 1. The van der Waals surface area contributed by atoms with E-state index in [1.807, 2.05) is 19.1 Å². The van der Waals surface area contributed by atoms with Crippen molar-refractivity contribution in [3.63, 3.8) is 0 Å².